The summed E-state index contributed by atoms with van der Waals surface area (Å²) in [6.07, 6.45) is 14.9. The molecule has 0 saturated heterocycles. The molecule has 298 valence electrons. The van der Waals surface area contributed by atoms with Gasteiger partial charge in [0.1, 0.15) is 43.2 Å². The zero-order valence-corrected chi connectivity index (χ0v) is 31.8. The van der Waals surface area contributed by atoms with Crippen LogP contribution in [-0.4, -0.2) is 98.3 Å². The van der Waals surface area contributed by atoms with Crippen molar-refractivity contribution in [3.8, 4) is 0 Å². The van der Waals surface area contributed by atoms with Crippen LogP contribution in [0.4, 0.5) is 0 Å². The van der Waals surface area contributed by atoms with E-state index in [2.05, 4.69) is 13.8 Å². The monoisotopic (exact) mass is 750 g/mol. The van der Waals surface area contributed by atoms with Crippen molar-refractivity contribution in [2.75, 3.05) is 13.2 Å². The Bertz CT molecular complexity index is 1010. The normalized spacial score (nSPS) is 24.2. The molecule has 1 rings (SSSR count). The van der Waals surface area contributed by atoms with E-state index in [1.165, 1.54) is 70.3 Å². The Kier molecular flexibility index (Phi) is 26.7. The lowest BCUT2D eigenvalue weighted by molar-refractivity contribution is -0.220. The molecule has 1 fully saturated rings. The molecular weight excluding hydrogens is 683 g/mol. The minimum Gasteiger partial charge on any atom is -0.462 e. The Morgan fingerprint density at radius 1 is 0.647 bits per heavy atom. The molecule has 0 aromatic carbocycles. The molecule has 0 radical (unpaired) electrons. The second-order valence-electron chi connectivity index (χ2n) is 13.5. The number of allylic oxidation sites excluding steroid dienone is 3. The standard InChI is InChI=1S/C37H67O13P/c1-3-5-7-9-11-12-13-14-15-16-17-18-20-22-24-26-31(39)49-29(27-47-30(38)25-23-21-19-10-8-6-4-2)28-48-51(45,46)50-37-35(43)33(41)32(40)34(42)36(37)44/h20,22,24,26,29,32-37,40-44H,3-19,21,23,25,27-28H2,1-2H3,(H,45,46)/b22-20+,26-24+/t29-,32?,33-,34?,35?,36?,37?/m1/s1. The van der Waals surface area contributed by atoms with E-state index in [0.29, 0.717) is 6.42 Å². The lowest BCUT2D eigenvalue weighted by Crippen LogP contribution is -2.64. The summed E-state index contributed by atoms with van der Waals surface area (Å²) < 4.78 is 33.0. The number of phosphoric acid groups is 1. The Hall–Kier alpha value is -1.67. The van der Waals surface area contributed by atoms with E-state index in [1.54, 1.807) is 6.08 Å². The molecule has 6 unspecified atom stereocenters. The van der Waals surface area contributed by atoms with Crippen molar-refractivity contribution < 1.29 is 63.1 Å². The van der Waals surface area contributed by atoms with E-state index in [-0.39, 0.29) is 6.42 Å². The third kappa shape index (κ3) is 22.2. The highest BCUT2D eigenvalue weighted by molar-refractivity contribution is 7.47. The van der Waals surface area contributed by atoms with Gasteiger partial charge in [-0.15, -0.1) is 0 Å². The molecule has 51 heavy (non-hydrogen) atoms. The van der Waals surface area contributed by atoms with Gasteiger partial charge in [-0.25, -0.2) is 9.36 Å². The minimum atomic E-state index is -5.13. The lowest BCUT2D eigenvalue weighted by Gasteiger charge is -2.41. The first kappa shape index (κ1) is 47.4. The van der Waals surface area contributed by atoms with Gasteiger partial charge in [-0.1, -0.05) is 135 Å². The Balaban J connectivity index is 2.59. The van der Waals surface area contributed by atoms with Crippen molar-refractivity contribution in [3.05, 3.63) is 24.3 Å². The summed E-state index contributed by atoms with van der Waals surface area (Å²) in [5, 5.41) is 49.8. The highest BCUT2D eigenvalue weighted by Crippen LogP contribution is 2.47. The molecule has 1 aliphatic carbocycles. The van der Waals surface area contributed by atoms with Crippen LogP contribution in [0.1, 0.15) is 142 Å². The predicted molar refractivity (Wildman–Crippen MR) is 193 cm³/mol. The number of hydrogen-bond acceptors (Lipinski definition) is 12. The molecular formula is C37H67O13P. The quantitative estimate of drug-likeness (QED) is 0.0171. The van der Waals surface area contributed by atoms with Gasteiger partial charge in [0.05, 0.1) is 6.61 Å². The second-order valence-corrected chi connectivity index (χ2v) is 14.9. The number of aliphatic hydroxyl groups is 5. The Morgan fingerprint density at radius 2 is 1.12 bits per heavy atom. The second kappa shape index (κ2) is 28.8. The lowest BCUT2D eigenvalue weighted by atomic mass is 9.85. The molecule has 13 nitrogen and oxygen atoms in total. The molecule has 1 aliphatic rings. The maximum atomic E-state index is 12.7. The van der Waals surface area contributed by atoms with Crippen LogP contribution in [0.5, 0.6) is 0 Å². The van der Waals surface area contributed by atoms with Crippen molar-refractivity contribution in [1.29, 1.82) is 0 Å². The minimum absolute atomic E-state index is 0.148. The SMILES string of the molecule is CCCCCCCCCCCCC/C=C/C=C/C(=O)O[C@H](COC(=O)CCCCCCCCC)COP(=O)(O)OC1C(O)C(O)C(O)[C@@H](O)C1O. The molecule has 8 atom stereocenters. The average molecular weight is 751 g/mol. The average Bonchev–Trinajstić information content (AvgIpc) is 3.10. The molecule has 1 saturated carbocycles. The van der Waals surface area contributed by atoms with Crippen molar-refractivity contribution in [2.24, 2.45) is 0 Å². The van der Waals surface area contributed by atoms with Crippen molar-refractivity contribution in [3.63, 3.8) is 0 Å². The topological polar surface area (TPSA) is 210 Å². The third-order valence-corrected chi connectivity index (χ3v) is 9.89. The summed E-state index contributed by atoms with van der Waals surface area (Å²) in [6.45, 7) is 3.10. The molecule has 6 N–H and O–H groups in total. The summed E-state index contributed by atoms with van der Waals surface area (Å²) in [4.78, 5) is 35.1. The fourth-order valence-electron chi connectivity index (χ4n) is 5.72. The zero-order valence-electron chi connectivity index (χ0n) is 30.9. The van der Waals surface area contributed by atoms with Gasteiger partial charge in [-0.05, 0) is 19.3 Å². The van der Waals surface area contributed by atoms with E-state index >= 15 is 0 Å². The summed E-state index contributed by atoms with van der Waals surface area (Å²) in [5.74, 6) is -1.36. The van der Waals surface area contributed by atoms with Gasteiger partial charge in [0, 0.05) is 12.5 Å². The summed E-state index contributed by atoms with van der Waals surface area (Å²) >= 11 is 0. The molecule has 0 aromatic rings. The van der Waals surface area contributed by atoms with Gasteiger partial charge in [-0.3, -0.25) is 13.8 Å². The van der Waals surface area contributed by atoms with Crippen LogP contribution in [0.25, 0.3) is 0 Å². The molecule has 14 heteroatoms. The first-order chi connectivity index (χ1) is 24.4. The van der Waals surface area contributed by atoms with Crippen molar-refractivity contribution >= 4 is 19.8 Å². The van der Waals surface area contributed by atoms with E-state index in [9.17, 15) is 44.6 Å². The number of carbonyl (C=O) groups is 2. The van der Waals surface area contributed by atoms with Crippen molar-refractivity contribution in [2.45, 2.75) is 185 Å². The number of esters is 2. The zero-order chi connectivity index (χ0) is 37.9. The molecule has 0 aromatic heterocycles. The number of ether oxygens (including phenoxy) is 2. The first-order valence-corrected chi connectivity index (χ1v) is 20.7. The highest BCUT2D eigenvalue weighted by Gasteiger charge is 2.51. The fraction of sp³-hybridized carbons (Fsp3) is 0.838. The number of unbranched alkanes of at least 4 members (excludes halogenated alkanes) is 17. The van der Waals surface area contributed by atoms with Gasteiger partial charge in [0.2, 0.25) is 0 Å². The number of phosphoric ester groups is 1. The van der Waals surface area contributed by atoms with Gasteiger partial charge in [0.15, 0.2) is 6.10 Å². The van der Waals surface area contributed by atoms with Gasteiger partial charge in [0.25, 0.3) is 0 Å². The maximum absolute atomic E-state index is 12.7. The molecule has 0 aliphatic heterocycles. The van der Waals surface area contributed by atoms with Crippen LogP contribution in [0.15, 0.2) is 24.3 Å². The third-order valence-electron chi connectivity index (χ3n) is 8.90. The van der Waals surface area contributed by atoms with Crippen LogP contribution < -0.4 is 0 Å². The number of hydrogen-bond donors (Lipinski definition) is 6. The molecule has 0 spiro atoms. The summed E-state index contributed by atoms with van der Waals surface area (Å²) in [5.41, 5.74) is 0. The first-order valence-electron chi connectivity index (χ1n) is 19.2. The molecule has 0 amide bonds. The van der Waals surface area contributed by atoms with Gasteiger partial charge < -0.3 is 39.9 Å². The summed E-state index contributed by atoms with van der Waals surface area (Å²) in [6, 6.07) is 0. The largest absolute Gasteiger partial charge is 0.472 e. The van der Waals surface area contributed by atoms with Gasteiger partial charge >= 0.3 is 19.8 Å². The fourth-order valence-corrected chi connectivity index (χ4v) is 6.70. The van der Waals surface area contributed by atoms with E-state index in [4.69, 9.17) is 18.5 Å². The van der Waals surface area contributed by atoms with Crippen LogP contribution in [0.3, 0.4) is 0 Å². The Morgan fingerprint density at radius 3 is 1.65 bits per heavy atom. The number of rotatable bonds is 30. The number of carbonyl (C=O) groups excluding carboxylic acids is 2. The van der Waals surface area contributed by atoms with Crippen LogP contribution in [-0.2, 0) is 32.7 Å². The van der Waals surface area contributed by atoms with Crippen LogP contribution in [0.2, 0.25) is 0 Å². The number of aliphatic hydroxyl groups excluding tert-OH is 5. The molecule has 0 bridgehead atoms. The van der Waals surface area contributed by atoms with E-state index in [1.807, 2.05) is 6.08 Å². The van der Waals surface area contributed by atoms with Crippen LogP contribution >= 0.6 is 7.82 Å². The smallest absolute Gasteiger partial charge is 0.462 e. The summed E-state index contributed by atoms with van der Waals surface area (Å²) in [7, 11) is -5.13. The van der Waals surface area contributed by atoms with E-state index < -0.39 is 75.7 Å². The van der Waals surface area contributed by atoms with E-state index in [0.717, 1.165) is 57.4 Å². The van der Waals surface area contributed by atoms with Crippen LogP contribution in [0, 0.1) is 0 Å². The maximum Gasteiger partial charge on any atom is 0.472 e. The Labute approximate surface area is 305 Å². The van der Waals surface area contributed by atoms with Gasteiger partial charge in [-0.2, -0.15) is 0 Å². The van der Waals surface area contributed by atoms with Crippen molar-refractivity contribution in [1.82, 2.24) is 0 Å². The highest BCUT2D eigenvalue weighted by atomic mass is 31.2. The predicted octanol–water partition coefficient (Wildman–Crippen LogP) is 5.72. The molecule has 0 heterocycles.